The van der Waals surface area contributed by atoms with E-state index >= 15 is 0 Å². The van der Waals surface area contributed by atoms with Gasteiger partial charge in [-0.2, -0.15) is 9.97 Å². The Kier molecular flexibility index (Phi) is 4.46. The fourth-order valence-corrected chi connectivity index (χ4v) is 4.26. The van der Waals surface area contributed by atoms with E-state index < -0.39 is 0 Å². The van der Waals surface area contributed by atoms with Crippen molar-refractivity contribution in [3.63, 3.8) is 0 Å². The van der Waals surface area contributed by atoms with Crippen molar-refractivity contribution in [1.82, 2.24) is 15.0 Å². The van der Waals surface area contributed by atoms with Gasteiger partial charge in [-0.3, -0.25) is 9.78 Å². The number of hydrogen-bond acceptors (Lipinski definition) is 7. The van der Waals surface area contributed by atoms with E-state index in [1.807, 2.05) is 19.2 Å². The number of hydrogen-bond donors (Lipinski definition) is 2. The summed E-state index contributed by atoms with van der Waals surface area (Å²) in [4.78, 5) is 27.4. The van der Waals surface area contributed by atoms with E-state index in [0.717, 1.165) is 34.7 Å². The van der Waals surface area contributed by atoms with Crippen LogP contribution in [0.15, 0.2) is 42.7 Å². The molecule has 1 aliphatic carbocycles. The average Bonchev–Trinajstić information content (AvgIpc) is 3.39. The van der Waals surface area contributed by atoms with Crippen LogP contribution in [0.4, 0.5) is 11.5 Å². The standard InChI is InChI=1S/C22H22N6O2/c1-24-17-6-2-5-15-16(17)10-18-19(15)21(28-9-7-13(12-28)20(23)29)27-22(26-18)30-14-4-3-8-25-11-14/h2-6,8,11,13,24H,7,9-10,12H2,1H3,(H2,23,29). The fraction of sp³-hybridized carbons (Fsp3) is 0.273. The summed E-state index contributed by atoms with van der Waals surface area (Å²) in [7, 11) is 1.92. The third-order valence-electron chi connectivity index (χ3n) is 5.74. The van der Waals surface area contributed by atoms with Gasteiger partial charge in [0.05, 0.1) is 17.8 Å². The van der Waals surface area contributed by atoms with Crippen LogP contribution in [0.2, 0.25) is 0 Å². The van der Waals surface area contributed by atoms with Crippen molar-refractivity contribution in [2.24, 2.45) is 11.7 Å². The first-order chi connectivity index (χ1) is 14.6. The van der Waals surface area contributed by atoms with E-state index in [2.05, 4.69) is 27.3 Å². The van der Waals surface area contributed by atoms with Crippen LogP contribution in [0, 0.1) is 5.92 Å². The number of pyridine rings is 1. The molecule has 1 aliphatic heterocycles. The van der Waals surface area contributed by atoms with Gasteiger partial charge in [0.1, 0.15) is 11.6 Å². The number of rotatable bonds is 5. The van der Waals surface area contributed by atoms with Crippen molar-refractivity contribution < 1.29 is 9.53 Å². The first-order valence-electron chi connectivity index (χ1n) is 9.97. The number of primary amides is 1. The van der Waals surface area contributed by atoms with Crippen LogP contribution < -0.4 is 20.7 Å². The number of carbonyl (C=O) groups is 1. The number of ether oxygens (including phenoxy) is 1. The minimum absolute atomic E-state index is 0.178. The Hall–Kier alpha value is -3.68. The predicted molar refractivity (Wildman–Crippen MR) is 114 cm³/mol. The van der Waals surface area contributed by atoms with Crippen molar-refractivity contribution in [1.29, 1.82) is 0 Å². The van der Waals surface area contributed by atoms with Crippen LogP contribution in [-0.2, 0) is 11.2 Å². The zero-order valence-electron chi connectivity index (χ0n) is 16.6. The van der Waals surface area contributed by atoms with E-state index in [-0.39, 0.29) is 17.8 Å². The zero-order valence-corrected chi connectivity index (χ0v) is 16.6. The first-order valence-corrected chi connectivity index (χ1v) is 9.97. The van der Waals surface area contributed by atoms with Crippen LogP contribution in [-0.4, -0.2) is 41.0 Å². The van der Waals surface area contributed by atoms with E-state index in [0.29, 0.717) is 25.3 Å². The van der Waals surface area contributed by atoms with Crippen LogP contribution in [0.3, 0.4) is 0 Å². The average molecular weight is 402 g/mol. The molecule has 30 heavy (non-hydrogen) atoms. The topological polar surface area (TPSA) is 106 Å². The molecule has 3 heterocycles. The van der Waals surface area contributed by atoms with Gasteiger partial charge in [0.15, 0.2) is 0 Å². The molecule has 1 unspecified atom stereocenters. The molecule has 152 valence electrons. The Morgan fingerprint density at radius 3 is 2.90 bits per heavy atom. The van der Waals surface area contributed by atoms with Gasteiger partial charge in [0.2, 0.25) is 5.91 Å². The highest BCUT2D eigenvalue weighted by atomic mass is 16.5. The molecule has 8 heteroatoms. The van der Waals surface area contributed by atoms with Crippen LogP contribution in [0.25, 0.3) is 11.1 Å². The highest BCUT2D eigenvalue weighted by Crippen LogP contribution is 2.45. The summed E-state index contributed by atoms with van der Waals surface area (Å²) in [6.45, 7) is 1.26. The molecule has 0 bridgehead atoms. The Bertz CT molecular complexity index is 1120. The number of nitrogens with one attached hydrogen (secondary N) is 1. The van der Waals surface area contributed by atoms with E-state index in [1.165, 1.54) is 5.56 Å². The summed E-state index contributed by atoms with van der Waals surface area (Å²) < 4.78 is 5.91. The van der Waals surface area contributed by atoms with Crippen LogP contribution in [0.1, 0.15) is 17.7 Å². The minimum Gasteiger partial charge on any atom is -0.423 e. The lowest BCUT2D eigenvalue weighted by Gasteiger charge is -2.21. The van der Waals surface area contributed by atoms with E-state index in [4.69, 9.17) is 20.4 Å². The number of amides is 1. The Morgan fingerprint density at radius 2 is 2.17 bits per heavy atom. The largest absolute Gasteiger partial charge is 0.423 e. The van der Waals surface area contributed by atoms with Gasteiger partial charge in [-0.15, -0.1) is 0 Å². The van der Waals surface area contributed by atoms with Crippen LogP contribution in [0.5, 0.6) is 11.8 Å². The minimum atomic E-state index is -0.270. The fourth-order valence-electron chi connectivity index (χ4n) is 4.26. The molecule has 1 aromatic carbocycles. The molecule has 1 atom stereocenters. The number of aromatic nitrogens is 3. The van der Waals surface area contributed by atoms with Gasteiger partial charge in [0.25, 0.3) is 0 Å². The van der Waals surface area contributed by atoms with Gasteiger partial charge < -0.3 is 20.7 Å². The summed E-state index contributed by atoms with van der Waals surface area (Å²) in [6, 6.07) is 10.1. The lowest BCUT2D eigenvalue weighted by Crippen LogP contribution is -2.28. The summed E-state index contributed by atoms with van der Waals surface area (Å²) in [5.74, 6) is 0.914. The van der Waals surface area contributed by atoms with Crippen molar-refractivity contribution in [3.05, 3.63) is 54.0 Å². The third kappa shape index (κ3) is 3.10. The maximum atomic E-state index is 11.7. The Morgan fingerprint density at radius 1 is 1.27 bits per heavy atom. The molecular weight excluding hydrogens is 380 g/mol. The number of benzene rings is 1. The van der Waals surface area contributed by atoms with Gasteiger partial charge in [-0.1, -0.05) is 12.1 Å². The molecule has 1 saturated heterocycles. The lowest BCUT2D eigenvalue weighted by molar-refractivity contribution is -0.121. The number of anilines is 2. The zero-order chi connectivity index (χ0) is 20.7. The SMILES string of the molecule is CNc1cccc2c1Cc1nc(Oc3cccnc3)nc(N3CCC(C(N)=O)C3)c1-2. The summed E-state index contributed by atoms with van der Waals surface area (Å²) >= 11 is 0. The molecular formula is C22H22N6O2. The molecule has 1 fully saturated rings. The van der Waals surface area contributed by atoms with Crippen molar-refractivity contribution >= 4 is 17.4 Å². The first kappa shape index (κ1) is 18.4. The van der Waals surface area contributed by atoms with E-state index in [1.54, 1.807) is 18.5 Å². The number of nitrogens with two attached hydrogens (primary N) is 1. The monoisotopic (exact) mass is 402 g/mol. The molecule has 0 saturated carbocycles. The van der Waals surface area contributed by atoms with Crippen molar-refractivity contribution in [2.75, 3.05) is 30.4 Å². The lowest BCUT2D eigenvalue weighted by atomic mass is 10.1. The summed E-state index contributed by atoms with van der Waals surface area (Å²) in [5.41, 5.74) is 10.9. The second-order valence-corrected chi connectivity index (χ2v) is 7.53. The van der Waals surface area contributed by atoms with Gasteiger partial charge in [-0.05, 0) is 35.7 Å². The van der Waals surface area contributed by atoms with Crippen molar-refractivity contribution in [2.45, 2.75) is 12.8 Å². The molecule has 2 aromatic heterocycles. The van der Waals surface area contributed by atoms with Crippen LogP contribution >= 0.6 is 0 Å². The molecule has 0 spiro atoms. The second-order valence-electron chi connectivity index (χ2n) is 7.53. The van der Waals surface area contributed by atoms with Gasteiger partial charge in [-0.25, -0.2) is 0 Å². The molecule has 5 rings (SSSR count). The summed E-state index contributed by atoms with van der Waals surface area (Å²) in [6.07, 6.45) is 4.72. The molecule has 3 N–H and O–H groups in total. The molecule has 2 aliphatic rings. The smallest absolute Gasteiger partial charge is 0.324 e. The van der Waals surface area contributed by atoms with Gasteiger partial charge >= 0.3 is 6.01 Å². The number of fused-ring (bicyclic) bond motifs is 3. The quantitative estimate of drug-likeness (QED) is 0.528. The molecule has 8 nitrogen and oxygen atoms in total. The highest BCUT2D eigenvalue weighted by Gasteiger charge is 2.34. The molecule has 0 radical (unpaired) electrons. The van der Waals surface area contributed by atoms with E-state index in [9.17, 15) is 4.79 Å². The molecule has 1 amide bonds. The third-order valence-corrected chi connectivity index (χ3v) is 5.74. The number of nitrogens with zero attached hydrogens (tertiary/aromatic N) is 4. The predicted octanol–water partition coefficient (Wildman–Crippen LogP) is 2.59. The van der Waals surface area contributed by atoms with Gasteiger partial charge in [0, 0.05) is 44.0 Å². The molecule has 3 aromatic rings. The Labute approximate surface area is 174 Å². The number of carbonyl (C=O) groups excluding carboxylic acids is 1. The second kappa shape index (κ2) is 7.29. The maximum Gasteiger partial charge on any atom is 0.324 e. The van der Waals surface area contributed by atoms with Crippen molar-refractivity contribution in [3.8, 4) is 22.9 Å². The summed E-state index contributed by atoms with van der Waals surface area (Å²) in [5, 5.41) is 3.27. The maximum absolute atomic E-state index is 11.7. The normalized spacial score (nSPS) is 16.8. The highest BCUT2D eigenvalue weighted by molar-refractivity contribution is 5.88. The Balaban J connectivity index is 1.61.